The summed E-state index contributed by atoms with van der Waals surface area (Å²) in [7, 11) is -3.56. The first-order valence-corrected chi connectivity index (χ1v) is 10.5. The third kappa shape index (κ3) is 4.76. The maximum Gasteiger partial charge on any atom is 0.240 e. The Morgan fingerprint density at radius 1 is 1.14 bits per heavy atom. The largest absolute Gasteiger partial charge is 0.356 e. The highest BCUT2D eigenvalue weighted by Gasteiger charge is 2.15. The van der Waals surface area contributed by atoms with Crippen molar-refractivity contribution in [1.82, 2.24) is 9.88 Å². The number of carbonyl (C=O) groups excluding carboxylic acids is 1. The first-order chi connectivity index (χ1) is 13.2. The molecule has 0 unspecified atom stereocenters. The highest BCUT2D eigenvalue weighted by atomic mass is 32.2. The zero-order valence-electron chi connectivity index (χ0n) is 16.0. The molecular formula is C20H23N3O4S. The van der Waals surface area contributed by atoms with Crippen molar-refractivity contribution in [1.29, 1.82) is 0 Å². The van der Waals surface area contributed by atoms with Crippen LogP contribution in [0.15, 0.2) is 51.9 Å². The van der Waals surface area contributed by atoms with Gasteiger partial charge >= 0.3 is 0 Å². The second-order valence-electron chi connectivity index (χ2n) is 7.12. The van der Waals surface area contributed by atoms with Crippen LogP contribution in [0.5, 0.6) is 0 Å². The Morgan fingerprint density at radius 3 is 2.54 bits per heavy atom. The molecule has 0 aliphatic carbocycles. The molecule has 0 saturated carbocycles. The van der Waals surface area contributed by atoms with Crippen LogP contribution in [0.1, 0.15) is 25.1 Å². The van der Waals surface area contributed by atoms with Gasteiger partial charge in [-0.25, -0.2) is 13.1 Å². The molecule has 1 heterocycles. The van der Waals surface area contributed by atoms with Gasteiger partial charge in [-0.1, -0.05) is 30.6 Å². The maximum atomic E-state index is 12.3. The minimum absolute atomic E-state index is 0.0620. The van der Waals surface area contributed by atoms with E-state index < -0.39 is 10.0 Å². The molecule has 2 N–H and O–H groups in total. The van der Waals surface area contributed by atoms with Gasteiger partial charge in [-0.2, -0.15) is 0 Å². The predicted octanol–water partition coefficient (Wildman–Crippen LogP) is 3.25. The van der Waals surface area contributed by atoms with Crippen LogP contribution in [-0.4, -0.2) is 26.0 Å². The van der Waals surface area contributed by atoms with Crippen LogP contribution >= 0.6 is 0 Å². The lowest BCUT2D eigenvalue weighted by molar-refractivity contribution is -0.115. The zero-order chi connectivity index (χ0) is 20.3. The van der Waals surface area contributed by atoms with E-state index in [1.165, 1.54) is 12.1 Å². The lowest BCUT2D eigenvalue weighted by atomic mass is 10.1. The molecular weight excluding hydrogens is 378 g/mol. The van der Waals surface area contributed by atoms with Gasteiger partial charge in [0, 0.05) is 17.6 Å². The number of rotatable bonds is 7. The number of aromatic nitrogens is 1. The molecule has 0 atom stereocenters. The molecule has 3 aromatic rings. The van der Waals surface area contributed by atoms with Crippen molar-refractivity contribution in [2.75, 3.05) is 11.9 Å². The molecule has 0 bridgehead atoms. The molecule has 28 heavy (non-hydrogen) atoms. The Morgan fingerprint density at radius 2 is 1.86 bits per heavy atom. The van der Waals surface area contributed by atoms with Crippen molar-refractivity contribution in [3.8, 4) is 0 Å². The second kappa shape index (κ2) is 8.12. The summed E-state index contributed by atoms with van der Waals surface area (Å²) in [5.74, 6) is -0.0463. The van der Waals surface area contributed by atoms with Gasteiger partial charge in [0.15, 0.2) is 5.58 Å². The first-order valence-electron chi connectivity index (χ1n) is 8.99. The number of fused-ring (bicyclic) bond motifs is 1. The van der Waals surface area contributed by atoms with Crippen LogP contribution in [0.25, 0.3) is 11.0 Å². The molecule has 1 amide bonds. The van der Waals surface area contributed by atoms with E-state index in [4.69, 9.17) is 4.52 Å². The summed E-state index contributed by atoms with van der Waals surface area (Å²) >= 11 is 0. The molecule has 3 rings (SSSR count). The van der Waals surface area contributed by atoms with Crippen molar-refractivity contribution < 1.29 is 17.7 Å². The van der Waals surface area contributed by atoms with E-state index in [0.29, 0.717) is 23.5 Å². The fourth-order valence-corrected chi connectivity index (χ4v) is 3.88. The Hall–Kier alpha value is -2.71. The standard InChI is InChI=1S/C20H23N3O4S/c1-13(2)12-21-28(25,26)16-7-5-15(6-8-16)22-20(24)11-18-17-10-14(3)4-9-19(17)27-23-18/h4-10,13,21H,11-12H2,1-3H3,(H,22,24). The molecule has 0 radical (unpaired) electrons. The summed E-state index contributed by atoms with van der Waals surface area (Å²) in [6.07, 6.45) is 0.0620. The normalized spacial score (nSPS) is 11.9. The van der Waals surface area contributed by atoms with Crippen molar-refractivity contribution in [3.05, 3.63) is 53.7 Å². The van der Waals surface area contributed by atoms with E-state index >= 15 is 0 Å². The molecule has 7 nitrogen and oxygen atoms in total. The molecule has 0 aliphatic rings. The van der Waals surface area contributed by atoms with Crippen LogP contribution in [-0.2, 0) is 21.2 Å². The lowest BCUT2D eigenvalue weighted by Crippen LogP contribution is -2.27. The van der Waals surface area contributed by atoms with E-state index in [1.54, 1.807) is 12.1 Å². The van der Waals surface area contributed by atoms with Gasteiger partial charge in [0.25, 0.3) is 0 Å². The first kappa shape index (κ1) is 20.0. The fraction of sp³-hybridized carbons (Fsp3) is 0.300. The van der Waals surface area contributed by atoms with Crippen molar-refractivity contribution in [2.45, 2.75) is 32.1 Å². The molecule has 2 aromatic carbocycles. The molecule has 1 aromatic heterocycles. The topological polar surface area (TPSA) is 101 Å². The number of nitrogens with one attached hydrogen (secondary N) is 2. The molecule has 8 heteroatoms. The number of amides is 1. The highest BCUT2D eigenvalue weighted by molar-refractivity contribution is 7.89. The van der Waals surface area contributed by atoms with Crippen LogP contribution in [0.3, 0.4) is 0 Å². The number of benzene rings is 2. The number of aryl methyl sites for hydroxylation is 1. The number of sulfonamides is 1. The zero-order valence-corrected chi connectivity index (χ0v) is 16.8. The van der Waals surface area contributed by atoms with Gasteiger partial charge in [-0.05, 0) is 49.2 Å². The average molecular weight is 401 g/mol. The minimum atomic E-state index is -3.56. The SMILES string of the molecule is Cc1ccc2onc(CC(=O)Nc3ccc(S(=O)(=O)NCC(C)C)cc3)c2c1. The van der Waals surface area contributed by atoms with E-state index in [-0.39, 0.29) is 23.1 Å². The van der Waals surface area contributed by atoms with Gasteiger partial charge in [0.2, 0.25) is 15.9 Å². The molecule has 0 saturated heterocycles. The monoisotopic (exact) mass is 401 g/mol. The van der Waals surface area contributed by atoms with Crippen LogP contribution in [0, 0.1) is 12.8 Å². The van der Waals surface area contributed by atoms with Crippen LogP contribution < -0.4 is 10.0 Å². The number of hydrogen-bond donors (Lipinski definition) is 2. The Kier molecular flexibility index (Phi) is 5.81. The van der Waals surface area contributed by atoms with Crippen molar-refractivity contribution >= 4 is 32.6 Å². The third-order valence-electron chi connectivity index (χ3n) is 4.16. The molecule has 0 fully saturated rings. The summed E-state index contributed by atoms with van der Waals surface area (Å²) in [6, 6.07) is 11.7. The van der Waals surface area contributed by atoms with E-state index in [1.807, 2.05) is 39.0 Å². The van der Waals surface area contributed by atoms with E-state index in [0.717, 1.165) is 10.9 Å². The summed E-state index contributed by atoms with van der Waals surface area (Å²) in [5.41, 5.74) is 2.77. The van der Waals surface area contributed by atoms with Gasteiger partial charge < -0.3 is 9.84 Å². The Bertz CT molecular complexity index is 1090. The van der Waals surface area contributed by atoms with Crippen LogP contribution in [0.2, 0.25) is 0 Å². The van der Waals surface area contributed by atoms with Gasteiger partial charge in [-0.15, -0.1) is 0 Å². The summed E-state index contributed by atoms with van der Waals surface area (Å²) in [5, 5.41) is 7.54. The van der Waals surface area contributed by atoms with Gasteiger partial charge in [0.05, 0.1) is 11.3 Å². The van der Waals surface area contributed by atoms with Crippen molar-refractivity contribution in [3.63, 3.8) is 0 Å². The third-order valence-corrected chi connectivity index (χ3v) is 5.60. The maximum absolute atomic E-state index is 12.3. The number of hydrogen-bond acceptors (Lipinski definition) is 5. The Balaban J connectivity index is 1.66. The number of nitrogens with zero attached hydrogens (tertiary/aromatic N) is 1. The smallest absolute Gasteiger partial charge is 0.240 e. The summed E-state index contributed by atoms with van der Waals surface area (Å²) < 4.78 is 32.2. The van der Waals surface area contributed by atoms with Gasteiger partial charge in [-0.3, -0.25) is 4.79 Å². The van der Waals surface area contributed by atoms with Crippen LogP contribution in [0.4, 0.5) is 5.69 Å². The quantitative estimate of drug-likeness (QED) is 0.633. The van der Waals surface area contributed by atoms with E-state index in [2.05, 4.69) is 15.2 Å². The van der Waals surface area contributed by atoms with Gasteiger partial charge in [0.1, 0.15) is 5.69 Å². The lowest BCUT2D eigenvalue weighted by Gasteiger charge is -2.10. The highest BCUT2D eigenvalue weighted by Crippen LogP contribution is 2.21. The molecule has 148 valence electrons. The van der Waals surface area contributed by atoms with Crippen molar-refractivity contribution in [2.24, 2.45) is 5.92 Å². The Labute approximate surface area is 164 Å². The van der Waals surface area contributed by atoms with E-state index in [9.17, 15) is 13.2 Å². The minimum Gasteiger partial charge on any atom is -0.356 e. The summed E-state index contributed by atoms with van der Waals surface area (Å²) in [6.45, 7) is 6.19. The molecule has 0 aliphatic heterocycles. The predicted molar refractivity (Wildman–Crippen MR) is 108 cm³/mol. The average Bonchev–Trinajstić information content (AvgIpc) is 3.02. The number of carbonyl (C=O) groups is 1. The second-order valence-corrected chi connectivity index (χ2v) is 8.89. The fourth-order valence-electron chi connectivity index (χ4n) is 2.66. The summed E-state index contributed by atoms with van der Waals surface area (Å²) in [4.78, 5) is 12.5. The number of anilines is 1. The molecule has 0 spiro atoms.